The first-order valence-corrected chi connectivity index (χ1v) is 5.77. The average Bonchev–Trinajstić information content (AvgIpc) is 2.37. The second kappa shape index (κ2) is 5.34. The summed E-state index contributed by atoms with van der Waals surface area (Å²) in [5.74, 6) is -0.264. The van der Waals surface area contributed by atoms with Crippen LogP contribution in [0.2, 0.25) is 0 Å². The summed E-state index contributed by atoms with van der Waals surface area (Å²) in [6.07, 6.45) is 3.28. The standard InChI is InChI=1S/C13H15N5O/c1-8-5-17-10(6-16-8)7-18-13(19)11-3-2-9(14)4-12(11)15/h2-6H,7,14-15H2,1H3,(H,18,19). The molecule has 1 aromatic carbocycles. The van der Waals surface area contributed by atoms with Crippen LogP contribution in [-0.4, -0.2) is 15.9 Å². The Morgan fingerprint density at radius 1 is 1.26 bits per heavy atom. The maximum Gasteiger partial charge on any atom is 0.253 e. The van der Waals surface area contributed by atoms with E-state index in [2.05, 4.69) is 15.3 Å². The fraction of sp³-hybridized carbons (Fsp3) is 0.154. The van der Waals surface area contributed by atoms with Crippen LogP contribution in [0.3, 0.4) is 0 Å². The quantitative estimate of drug-likeness (QED) is 0.707. The zero-order valence-corrected chi connectivity index (χ0v) is 10.6. The molecule has 0 unspecified atom stereocenters. The van der Waals surface area contributed by atoms with E-state index in [0.29, 0.717) is 29.2 Å². The van der Waals surface area contributed by atoms with Crippen molar-refractivity contribution in [3.05, 3.63) is 47.5 Å². The first-order valence-electron chi connectivity index (χ1n) is 5.77. The van der Waals surface area contributed by atoms with Crippen LogP contribution in [0.15, 0.2) is 30.6 Å². The van der Waals surface area contributed by atoms with Crippen LogP contribution in [-0.2, 0) is 6.54 Å². The molecular weight excluding hydrogens is 242 g/mol. The maximum absolute atomic E-state index is 11.9. The zero-order valence-electron chi connectivity index (χ0n) is 10.6. The number of aromatic nitrogens is 2. The lowest BCUT2D eigenvalue weighted by atomic mass is 10.1. The number of nitrogens with zero attached hydrogens (tertiary/aromatic N) is 2. The molecule has 2 aromatic rings. The third-order valence-electron chi connectivity index (χ3n) is 2.58. The van der Waals surface area contributed by atoms with Crippen molar-refractivity contribution < 1.29 is 4.79 Å². The van der Waals surface area contributed by atoms with E-state index < -0.39 is 0 Å². The molecule has 6 nitrogen and oxygen atoms in total. The van der Waals surface area contributed by atoms with Crippen molar-refractivity contribution in [3.63, 3.8) is 0 Å². The second-order valence-electron chi connectivity index (χ2n) is 4.18. The van der Waals surface area contributed by atoms with Gasteiger partial charge in [0.2, 0.25) is 0 Å². The van der Waals surface area contributed by atoms with Crippen molar-refractivity contribution in [1.29, 1.82) is 0 Å². The summed E-state index contributed by atoms with van der Waals surface area (Å²) >= 11 is 0. The lowest BCUT2D eigenvalue weighted by molar-refractivity contribution is 0.0951. The molecule has 0 radical (unpaired) electrons. The third-order valence-corrected chi connectivity index (χ3v) is 2.58. The van der Waals surface area contributed by atoms with E-state index in [1.54, 1.807) is 30.6 Å². The Kier molecular flexibility index (Phi) is 3.61. The summed E-state index contributed by atoms with van der Waals surface area (Å²) in [6, 6.07) is 4.79. The summed E-state index contributed by atoms with van der Waals surface area (Å²) in [7, 11) is 0. The van der Waals surface area contributed by atoms with Gasteiger partial charge in [-0.2, -0.15) is 0 Å². The molecule has 5 N–H and O–H groups in total. The van der Waals surface area contributed by atoms with Crippen molar-refractivity contribution in [2.24, 2.45) is 0 Å². The van der Waals surface area contributed by atoms with Crippen LogP contribution >= 0.6 is 0 Å². The molecule has 0 aliphatic heterocycles. The Bertz CT molecular complexity index is 594. The van der Waals surface area contributed by atoms with Gasteiger partial charge >= 0.3 is 0 Å². The Labute approximate surface area is 110 Å². The summed E-state index contributed by atoms with van der Waals surface area (Å²) in [5.41, 5.74) is 14.1. The molecule has 98 valence electrons. The van der Waals surface area contributed by atoms with Gasteiger partial charge in [-0.3, -0.25) is 14.8 Å². The maximum atomic E-state index is 11.9. The van der Waals surface area contributed by atoms with Gasteiger partial charge in [-0.05, 0) is 25.1 Å². The minimum atomic E-state index is -0.264. The van der Waals surface area contributed by atoms with Gasteiger partial charge in [0.05, 0.1) is 29.7 Å². The molecule has 0 fully saturated rings. The molecule has 2 rings (SSSR count). The largest absolute Gasteiger partial charge is 0.399 e. The van der Waals surface area contributed by atoms with Gasteiger partial charge in [-0.25, -0.2) is 0 Å². The summed E-state index contributed by atoms with van der Waals surface area (Å²) in [6.45, 7) is 2.15. The number of amides is 1. The summed E-state index contributed by atoms with van der Waals surface area (Å²) < 4.78 is 0. The lowest BCUT2D eigenvalue weighted by Gasteiger charge is -2.07. The van der Waals surface area contributed by atoms with Crippen LogP contribution in [0, 0.1) is 6.92 Å². The number of nitrogens with two attached hydrogens (primary N) is 2. The van der Waals surface area contributed by atoms with Crippen LogP contribution < -0.4 is 16.8 Å². The van der Waals surface area contributed by atoms with E-state index in [1.165, 1.54) is 0 Å². The normalized spacial score (nSPS) is 10.2. The van der Waals surface area contributed by atoms with E-state index >= 15 is 0 Å². The van der Waals surface area contributed by atoms with Crippen molar-refractivity contribution in [2.75, 3.05) is 11.5 Å². The molecule has 0 aliphatic carbocycles. The Morgan fingerprint density at radius 2 is 2.05 bits per heavy atom. The van der Waals surface area contributed by atoms with E-state index in [-0.39, 0.29) is 5.91 Å². The number of nitrogens with one attached hydrogen (secondary N) is 1. The predicted octanol–water partition coefficient (Wildman–Crippen LogP) is 0.879. The minimum absolute atomic E-state index is 0.264. The topological polar surface area (TPSA) is 107 Å². The summed E-state index contributed by atoms with van der Waals surface area (Å²) in [4.78, 5) is 20.2. The van der Waals surface area contributed by atoms with Gasteiger partial charge < -0.3 is 16.8 Å². The molecule has 0 bridgehead atoms. The molecule has 1 heterocycles. The van der Waals surface area contributed by atoms with Gasteiger partial charge in [0.1, 0.15) is 0 Å². The van der Waals surface area contributed by atoms with Crippen LogP contribution in [0.1, 0.15) is 21.7 Å². The Morgan fingerprint density at radius 3 is 2.68 bits per heavy atom. The highest BCUT2D eigenvalue weighted by Crippen LogP contribution is 2.15. The van der Waals surface area contributed by atoms with Gasteiger partial charge in [-0.15, -0.1) is 0 Å². The molecule has 0 aliphatic rings. The number of hydrogen-bond acceptors (Lipinski definition) is 5. The van der Waals surface area contributed by atoms with E-state index in [1.807, 2.05) is 6.92 Å². The predicted molar refractivity (Wildman–Crippen MR) is 73.2 cm³/mol. The van der Waals surface area contributed by atoms with Crippen LogP contribution in [0.5, 0.6) is 0 Å². The lowest BCUT2D eigenvalue weighted by Crippen LogP contribution is -2.24. The molecule has 0 saturated heterocycles. The number of hydrogen-bond donors (Lipinski definition) is 3. The highest BCUT2D eigenvalue weighted by atomic mass is 16.1. The highest BCUT2D eigenvalue weighted by Gasteiger charge is 2.09. The molecule has 19 heavy (non-hydrogen) atoms. The number of rotatable bonds is 3. The number of nitrogen functional groups attached to an aromatic ring is 2. The number of aryl methyl sites for hydroxylation is 1. The van der Waals surface area contributed by atoms with Crippen molar-refractivity contribution in [3.8, 4) is 0 Å². The molecule has 0 saturated carbocycles. The van der Waals surface area contributed by atoms with Crippen LogP contribution in [0.25, 0.3) is 0 Å². The fourth-order valence-corrected chi connectivity index (χ4v) is 1.56. The molecular formula is C13H15N5O. The zero-order chi connectivity index (χ0) is 13.8. The molecule has 6 heteroatoms. The number of carbonyl (C=O) groups excluding carboxylic acids is 1. The molecule has 0 atom stereocenters. The van der Waals surface area contributed by atoms with Gasteiger partial charge in [0.25, 0.3) is 5.91 Å². The van der Waals surface area contributed by atoms with Gasteiger partial charge in [-0.1, -0.05) is 0 Å². The smallest absolute Gasteiger partial charge is 0.253 e. The minimum Gasteiger partial charge on any atom is -0.399 e. The average molecular weight is 257 g/mol. The number of carbonyl (C=O) groups is 1. The number of anilines is 2. The van der Waals surface area contributed by atoms with Crippen molar-refractivity contribution >= 4 is 17.3 Å². The third kappa shape index (κ3) is 3.19. The first-order chi connectivity index (χ1) is 9.06. The molecule has 1 aromatic heterocycles. The van der Waals surface area contributed by atoms with Crippen molar-refractivity contribution in [2.45, 2.75) is 13.5 Å². The Hall–Kier alpha value is -2.63. The van der Waals surface area contributed by atoms with Gasteiger partial charge in [0, 0.05) is 17.6 Å². The second-order valence-corrected chi connectivity index (χ2v) is 4.18. The van der Waals surface area contributed by atoms with Gasteiger partial charge in [0.15, 0.2) is 0 Å². The van der Waals surface area contributed by atoms with E-state index in [0.717, 1.165) is 5.69 Å². The molecule has 1 amide bonds. The Balaban J connectivity index is 2.03. The van der Waals surface area contributed by atoms with Crippen molar-refractivity contribution in [1.82, 2.24) is 15.3 Å². The highest BCUT2D eigenvalue weighted by molar-refractivity contribution is 5.99. The van der Waals surface area contributed by atoms with E-state index in [9.17, 15) is 4.79 Å². The fourth-order valence-electron chi connectivity index (χ4n) is 1.56. The molecule has 0 spiro atoms. The monoisotopic (exact) mass is 257 g/mol. The first kappa shape index (κ1) is 12.8. The van der Waals surface area contributed by atoms with Crippen LogP contribution in [0.4, 0.5) is 11.4 Å². The number of benzene rings is 1. The van der Waals surface area contributed by atoms with E-state index in [4.69, 9.17) is 11.5 Å². The summed E-state index contributed by atoms with van der Waals surface area (Å²) in [5, 5.41) is 2.73. The SMILES string of the molecule is Cc1cnc(CNC(=O)c2ccc(N)cc2N)cn1.